The molecule has 0 aromatic heterocycles. The van der Waals surface area contributed by atoms with Crippen molar-refractivity contribution in [1.82, 2.24) is 4.90 Å². The molecule has 1 heterocycles. The summed E-state index contributed by atoms with van der Waals surface area (Å²) >= 11 is 0. The maximum atomic E-state index is 12.3. The zero-order valence-electron chi connectivity index (χ0n) is 9.78. The summed E-state index contributed by atoms with van der Waals surface area (Å²) < 4.78 is 0. The molecule has 0 saturated heterocycles. The minimum absolute atomic E-state index is 0.137. The summed E-state index contributed by atoms with van der Waals surface area (Å²) in [6, 6.07) is 6.74. The molecule has 88 valence electrons. The number of fused-ring (bicyclic) bond motifs is 1. The summed E-state index contributed by atoms with van der Waals surface area (Å²) in [5.41, 5.74) is 9.26. The van der Waals surface area contributed by atoms with Crippen LogP contribution in [-0.2, 0) is 12.1 Å². The van der Waals surface area contributed by atoms with E-state index in [4.69, 9.17) is 5.73 Å². The van der Waals surface area contributed by atoms with Crippen LogP contribution in [0.1, 0.15) is 47.2 Å². The zero-order valence-corrected chi connectivity index (χ0v) is 9.78. The minimum Gasteiger partial charge on any atom is -0.331 e. The number of rotatable bonds is 2. The molecule has 0 radical (unpaired) electrons. The van der Waals surface area contributed by atoms with E-state index >= 15 is 0 Å². The number of carbonyl (C=O) groups excluding carboxylic acids is 1. The van der Waals surface area contributed by atoms with Crippen molar-refractivity contribution in [2.45, 2.75) is 43.8 Å². The van der Waals surface area contributed by atoms with Gasteiger partial charge in [0, 0.05) is 23.7 Å². The molecule has 0 spiro atoms. The van der Waals surface area contributed by atoms with Gasteiger partial charge in [0.2, 0.25) is 0 Å². The second-order valence-corrected chi connectivity index (χ2v) is 5.69. The fraction of sp³-hybridized carbons (Fsp3) is 0.500. The maximum absolute atomic E-state index is 12.3. The molecule has 1 amide bonds. The van der Waals surface area contributed by atoms with Gasteiger partial charge in [-0.3, -0.25) is 4.79 Å². The third-order valence-corrected chi connectivity index (χ3v) is 4.29. The first-order valence-corrected chi connectivity index (χ1v) is 6.41. The van der Waals surface area contributed by atoms with Crippen LogP contribution in [0, 0.1) is 0 Å². The van der Waals surface area contributed by atoms with Crippen LogP contribution in [0.5, 0.6) is 0 Å². The molecular formula is C14H16N2O. The molecule has 2 saturated carbocycles. The highest BCUT2D eigenvalue weighted by atomic mass is 16.2. The highest BCUT2D eigenvalue weighted by molar-refractivity contribution is 5.99. The van der Waals surface area contributed by atoms with Gasteiger partial charge in [-0.1, -0.05) is 12.1 Å². The molecule has 1 aliphatic heterocycles. The van der Waals surface area contributed by atoms with Gasteiger partial charge in [-0.2, -0.15) is 0 Å². The molecule has 0 unspecified atom stereocenters. The molecule has 1 aromatic carbocycles. The first kappa shape index (κ1) is 9.66. The Morgan fingerprint density at radius 1 is 1.29 bits per heavy atom. The number of carbonyl (C=O) groups is 1. The Morgan fingerprint density at radius 3 is 2.71 bits per heavy atom. The molecular weight excluding hydrogens is 212 g/mol. The van der Waals surface area contributed by atoms with Gasteiger partial charge in [0.15, 0.2) is 0 Å². The smallest absolute Gasteiger partial charge is 0.254 e. The van der Waals surface area contributed by atoms with Crippen molar-refractivity contribution >= 4 is 5.91 Å². The lowest BCUT2D eigenvalue weighted by Gasteiger charge is -2.13. The maximum Gasteiger partial charge on any atom is 0.254 e. The van der Waals surface area contributed by atoms with Gasteiger partial charge < -0.3 is 10.6 Å². The van der Waals surface area contributed by atoms with Crippen LogP contribution in [0.15, 0.2) is 18.2 Å². The van der Waals surface area contributed by atoms with E-state index in [1.54, 1.807) is 0 Å². The molecule has 3 aliphatic rings. The largest absolute Gasteiger partial charge is 0.331 e. The van der Waals surface area contributed by atoms with E-state index in [1.165, 1.54) is 18.4 Å². The van der Waals surface area contributed by atoms with Gasteiger partial charge >= 0.3 is 0 Å². The van der Waals surface area contributed by atoms with Gasteiger partial charge in [0.05, 0.1) is 0 Å². The Balaban J connectivity index is 1.73. The fourth-order valence-corrected chi connectivity index (χ4v) is 2.74. The molecule has 17 heavy (non-hydrogen) atoms. The van der Waals surface area contributed by atoms with E-state index in [0.717, 1.165) is 30.5 Å². The van der Waals surface area contributed by atoms with Crippen LogP contribution in [0.3, 0.4) is 0 Å². The van der Waals surface area contributed by atoms with Crippen LogP contribution >= 0.6 is 0 Å². The quantitative estimate of drug-likeness (QED) is 0.838. The Bertz CT molecular complexity index is 515. The lowest BCUT2D eigenvalue weighted by atomic mass is 10.00. The average molecular weight is 228 g/mol. The third-order valence-electron chi connectivity index (χ3n) is 4.29. The van der Waals surface area contributed by atoms with Crippen LogP contribution in [-0.4, -0.2) is 16.8 Å². The number of benzene rings is 1. The first-order valence-electron chi connectivity index (χ1n) is 6.41. The van der Waals surface area contributed by atoms with Crippen molar-refractivity contribution < 1.29 is 4.79 Å². The van der Waals surface area contributed by atoms with E-state index in [2.05, 4.69) is 12.1 Å². The van der Waals surface area contributed by atoms with E-state index in [-0.39, 0.29) is 11.4 Å². The highest BCUT2D eigenvalue weighted by Gasteiger charge is 2.42. The van der Waals surface area contributed by atoms with Crippen molar-refractivity contribution in [2.24, 2.45) is 5.73 Å². The van der Waals surface area contributed by atoms with Gasteiger partial charge in [-0.15, -0.1) is 0 Å². The van der Waals surface area contributed by atoms with E-state index in [1.807, 2.05) is 11.0 Å². The molecule has 3 heteroatoms. The van der Waals surface area contributed by atoms with Gasteiger partial charge in [0.25, 0.3) is 5.91 Å². The molecule has 2 fully saturated rings. The Labute approximate surface area is 101 Å². The third kappa shape index (κ3) is 1.35. The molecule has 2 aliphatic carbocycles. The lowest BCUT2D eigenvalue weighted by molar-refractivity contribution is 0.0766. The predicted octanol–water partition coefficient (Wildman–Crippen LogP) is 1.75. The van der Waals surface area contributed by atoms with Crippen LogP contribution in [0.2, 0.25) is 0 Å². The van der Waals surface area contributed by atoms with Crippen molar-refractivity contribution in [2.75, 3.05) is 0 Å². The van der Waals surface area contributed by atoms with Crippen molar-refractivity contribution in [3.05, 3.63) is 34.9 Å². The summed E-state index contributed by atoms with van der Waals surface area (Å²) in [6.07, 6.45) is 4.44. The average Bonchev–Trinajstić information content (AvgIpc) is 3.23. The second kappa shape index (κ2) is 2.91. The number of amides is 1. The van der Waals surface area contributed by atoms with Crippen LogP contribution in [0.25, 0.3) is 0 Å². The number of hydrogen-bond donors (Lipinski definition) is 1. The normalized spacial score (nSPS) is 25.0. The monoisotopic (exact) mass is 228 g/mol. The topological polar surface area (TPSA) is 46.3 Å². The van der Waals surface area contributed by atoms with Crippen molar-refractivity contribution in [3.63, 3.8) is 0 Å². The summed E-state index contributed by atoms with van der Waals surface area (Å²) in [6.45, 7) is 0.802. The standard InChI is InChI=1S/C14H16N2O/c15-14(5-6-14)10-2-1-9-8-16(11-3-4-11)13(17)12(9)7-10/h1-2,7,11H,3-6,8,15H2. The number of nitrogens with zero attached hydrogens (tertiary/aromatic N) is 1. The highest BCUT2D eigenvalue weighted by Crippen LogP contribution is 2.44. The number of nitrogens with two attached hydrogens (primary N) is 1. The van der Waals surface area contributed by atoms with Crippen molar-refractivity contribution in [1.29, 1.82) is 0 Å². The fourth-order valence-electron chi connectivity index (χ4n) is 2.74. The summed E-state index contributed by atoms with van der Waals surface area (Å²) in [4.78, 5) is 14.3. The molecule has 3 nitrogen and oxygen atoms in total. The zero-order chi connectivity index (χ0) is 11.6. The van der Waals surface area contributed by atoms with E-state index in [9.17, 15) is 4.79 Å². The second-order valence-electron chi connectivity index (χ2n) is 5.69. The number of hydrogen-bond acceptors (Lipinski definition) is 2. The van der Waals surface area contributed by atoms with E-state index < -0.39 is 0 Å². The van der Waals surface area contributed by atoms with Gasteiger partial charge in [0.1, 0.15) is 0 Å². The predicted molar refractivity (Wildman–Crippen MR) is 64.4 cm³/mol. The Morgan fingerprint density at radius 2 is 2.06 bits per heavy atom. The van der Waals surface area contributed by atoms with Crippen LogP contribution < -0.4 is 5.73 Å². The first-order chi connectivity index (χ1) is 8.17. The van der Waals surface area contributed by atoms with Crippen molar-refractivity contribution in [3.8, 4) is 0 Å². The molecule has 2 N–H and O–H groups in total. The Hall–Kier alpha value is -1.35. The molecule has 0 bridgehead atoms. The van der Waals surface area contributed by atoms with Crippen LogP contribution in [0.4, 0.5) is 0 Å². The minimum atomic E-state index is -0.137. The van der Waals surface area contributed by atoms with Gasteiger partial charge in [-0.25, -0.2) is 0 Å². The SMILES string of the molecule is NC1(c2ccc3c(c2)C(=O)N(C2CC2)C3)CC1. The van der Waals surface area contributed by atoms with E-state index in [0.29, 0.717) is 6.04 Å². The summed E-state index contributed by atoms with van der Waals surface area (Å²) in [7, 11) is 0. The molecule has 4 rings (SSSR count). The van der Waals surface area contributed by atoms with Gasteiger partial charge in [-0.05, 0) is 42.9 Å². The summed E-state index contributed by atoms with van der Waals surface area (Å²) in [5.74, 6) is 0.216. The summed E-state index contributed by atoms with van der Waals surface area (Å²) in [5, 5.41) is 0. The Kier molecular flexibility index (Phi) is 1.65. The molecule has 0 atom stereocenters. The molecule has 1 aromatic rings. The lowest BCUT2D eigenvalue weighted by Crippen LogP contribution is -2.26.